The highest BCUT2D eigenvalue weighted by Crippen LogP contribution is 2.48. The standard InChI is InChI=1S/C21H28N5O6P.C4H6O6/c1-15(10-26-12-25-17-18(22)23-11-24-19(17)26)30-14-33(28,32-16-8-6-5-7-9-16)31-13-29-20(27)21(2,3)4;5-1(3(7)8)2(6)4(9)10/h5-9,11-12,15H,10,13-14H2,1-4H3,(H2,22,23,24);1-2,5-6H,(H,7,8)(H,9,10)/t15-,33+;1-,2-/m11/s1. The number of nitrogens with zero attached hydrogens (tertiary/aromatic N) is 4. The Morgan fingerprint density at radius 2 is 1.63 bits per heavy atom. The number of hydrogen-bond acceptors (Lipinski definition) is 14. The van der Waals surface area contributed by atoms with Gasteiger partial charge in [-0.1, -0.05) is 18.2 Å². The molecular weight excluding hydrogens is 593 g/mol. The van der Waals surface area contributed by atoms with Gasteiger partial charge in [0, 0.05) is 0 Å². The maximum atomic E-state index is 13.4. The molecule has 0 saturated heterocycles. The Morgan fingerprint density at radius 3 is 2.19 bits per heavy atom. The van der Waals surface area contributed by atoms with Crippen LogP contribution < -0.4 is 10.3 Å². The fourth-order valence-corrected chi connectivity index (χ4v) is 4.23. The molecule has 0 aliphatic rings. The van der Waals surface area contributed by atoms with E-state index in [1.807, 2.05) is 0 Å². The number of anilines is 1. The maximum Gasteiger partial charge on any atom is 0.407 e. The molecule has 1 aromatic carbocycles. The summed E-state index contributed by atoms with van der Waals surface area (Å²) in [6.07, 6.45) is -2.37. The van der Waals surface area contributed by atoms with Gasteiger partial charge in [0.15, 0.2) is 30.0 Å². The minimum Gasteiger partial charge on any atom is -0.479 e. The van der Waals surface area contributed by atoms with Gasteiger partial charge >= 0.3 is 25.5 Å². The van der Waals surface area contributed by atoms with E-state index in [0.29, 0.717) is 23.5 Å². The number of carboxylic acids is 2. The van der Waals surface area contributed by atoms with Gasteiger partial charge in [-0.05, 0) is 39.8 Å². The Kier molecular flexibility index (Phi) is 12.5. The third kappa shape index (κ3) is 10.9. The molecule has 0 radical (unpaired) electrons. The summed E-state index contributed by atoms with van der Waals surface area (Å²) in [6, 6.07) is 8.56. The van der Waals surface area contributed by atoms with E-state index in [1.165, 1.54) is 6.33 Å². The molecule has 2 aromatic heterocycles. The lowest BCUT2D eigenvalue weighted by Crippen LogP contribution is -2.39. The lowest BCUT2D eigenvalue weighted by molar-refractivity contribution is -0.165. The number of aliphatic hydroxyl groups excluding tert-OH is 2. The van der Waals surface area contributed by atoms with Crippen LogP contribution in [0.2, 0.25) is 0 Å². The second kappa shape index (κ2) is 15.4. The fraction of sp³-hybridized carbons (Fsp3) is 0.440. The first kappa shape index (κ1) is 35.0. The molecule has 0 amide bonds. The molecule has 0 saturated carbocycles. The monoisotopic (exact) mass is 627 g/mol. The molecule has 3 rings (SSSR count). The highest BCUT2D eigenvalue weighted by molar-refractivity contribution is 7.54. The van der Waals surface area contributed by atoms with Crippen molar-refractivity contribution < 1.29 is 57.9 Å². The number of hydrogen-bond donors (Lipinski definition) is 5. The smallest absolute Gasteiger partial charge is 0.407 e. The molecule has 6 N–H and O–H groups in total. The van der Waals surface area contributed by atoms with E-state index in [-0.39, 0.29) is 12.2 Å². The van der Waals surface area contributed by atoms with Crippen molar-refractivity contribution in [2.24, 2.45) is 5.41 Å². The van der Waals surface area contributed by atoms with Crippen LogP contribution in [-0.2, 0) is 39.5 Å². The largest absolute Gasteiger partial charge is 0.479 e. The molecule has 0 aliphatic heterocycles. The van der Waals surface area contributed by atoms with E-state index in [1.54, 1.807) is 68.9 Å². The summed E-state index contributed by atoms with van der Waals surface area (Å²) in [4.78, 5) is 43.9. The van der Waals surface area contributed by atoms with Gasteiger partial charge in [0.2, 0.25) is 6.79 Å². The molecule has 0 bridgehead atoms. The van der Waals surface area contributed by atoms with Crippen LogP contribution in [0.4, 0.5) is 5.82 Å². The van der Waals surface area contributed by atoms with Gasteiger partial charge < -0.3 is 44.7 Å². The maximum absolute atomic E-state index is 13.4. The van der Waals surface area contributed by atoms with Crippen LogP contribution in [0.15, 0.2) is 43.0 Å². The van der Waals surface area contributed by atoms with Crippen LogP contribution in [0.3, 0.4) is 0 Å². The molecule has 17 nitrogen and oxygen atoms in total. The number of benzene rings is 1. The number of nitrogen functional groups attached to an aromatic ring is 1. The SMILES string of the molecule is C[C@H](Cn1cnc2c(N)ncnc21)OC[P@](=O)(OCOC(=O)C(C)(C)C)Oc1ccccc1.O=C(O)[C@H](O)[C@@H](O)C(=O)O. The number of carboxylic acid groups (broad SMARTS) is 2. The normalized spacial score (nSPS) is 14.8. The van der Waals surface area contributed by atoms with Crippen LogP contribution in [0, 0.1) is 5.41 Å². The zero-order valence-electron chi connectivity index (χ0n) is 23.8. The van der Waals surface area contributed by atoms with Crippen LogP contribution in [0.25, 0.3) is 11.2 Å². The van der Waals surface area contributed by atoms with Crippen LogP contribution >= 0.6 is 7.60 Å². The molecule has 18 heteroatoms. The number of ether oxygens (including phenoxy) is 2. The van der Waals surface area contributed by atoms with Crippen LogP contribution in [-0.4, -0.2) is 89.3 Å². The molecule has 0 aliphatic carbocycles. The predicted octanol–water partition coefficient (Wildman–Crippen LogP) is 1.48. The molecular formula is C25H34N5O12P. The van der Waals surface area contributed by atoms with Crippen molar-refractivity contribution in [2.75, 3.05) is 18.9 Å². The van der Waals surface area contributed by atoms with Crippen molar-refractivity contribution in [1.82, 2.24) is 19.5 Å². The zero-order chi connectivity index (χ0) is 32.4. The number of fused-ring (bicyclic) bond motifs is 1. The quantitative estimate of drug-likeness (QED) is 0.102. The molecule has 0 fully saturated rings. The Bertz CT molecular complexity index is 1410. The second-order valence-corrected chi connectivity index (χ2v) is 11.9. The number of aliphatic carboxylic acids is 2. The van der Waals surface area contributed by atoms with Gasteiger partial charge in [0.05, 0.1) is 24.4 Å². The summed E-state index contributed by atoms with van der Waals surface area (Å²) in [5.74, 6) is -3.40. The first-order chi connectivity index (χ1) is 20.0. The zero-order valence-corrected chi connectivity index (χ0v) is 24.7. The van der Waals surface area contributed by atoms with E-state index in [9.17, 15) is 18.9 Å². The predicted molar refractivity (Wildman–Crippen MR) is 149 cm³/mol. The number of rotatable bonds is 13. The van der Waals surface area contributed by atoms with Crippen molar-refractivity contribution in [3.05, 3.63) is 43.0 Å². The van der Waals surface area contributed by atoms with Gasteiger partial charge in [0.25, 0.3) is 0 Å². The Hall–Kier alpha value is -4.15. The van der Waals surface area contributed by atoms with Crippen molar-refractivity contribution in [3.8, 4) is 5.75 Å². The molecule has 43 heavy (non-hydrogen) atoms. The fourth-order valence-electron chi connectivity index (χ4n) is 2.96. The van der Waals surface area contributed by atoms with E-state index in [4.69, 9.17) is 44.7 Å². The van der Waals surface area contributed by atoms with Gasteiger partial charge in [-0.15, -0.1) is 0 Å². The number of aliphatic hydroxyl groups is 2. The summed E-state index contributed by atoms with van der Waals surface area (Å²) in [5, 5.41) is 32.5. The number of carbonyl (C=O) groups is 3. The summed E-state index contributed by atoms with van der Waals surface area (Å²) < 4.78 is 37.0. The van der Waals surface area contributed by atoms with E-state index >= 15 is 0 Å². The van der Waals surface area contributed by atoms with Crippen molar-refractivity contribution in [3.63, 3.8) is 0 Å². The number of imidazole rings is 1. The molecule has 2 heterocycles. The first-order valence-electron chi connectivity index (χ1n) is 12.5. The molecule has 3 aromatic rings. The summed E-state index contributed by atoms with van der Waals surface area (Å²) >= 11 is 0. The number of carbonyl (C=O) groups excluding carboxylic acids is 1. The molecule has 0 spiro atoms. The first-order valence-corrected chi connectivity index (χ1v) is 14.3. The lowest BCUT2D eigenvalue weighted by Gasteiger charge is -2.22. The molecule has 0 unspecified atom stereocenters. The van der Waals surface area contributed by atoms with Gasteiger partial charge in [-0.25, -0.2) is 29.1 Å². The molecule has 236 valence electrons. The van der Waals surface area contributed by atoms with Gasteiger partial charge in [-0.3, -0.25) is 9.32 Å². The third-order valence-corrected chi connectivity index (χ3v) is 6.70. The Labute approximate surface area is 245 Å². The van der Waals surface area contributed by atoms with Gasteiger partial charge in [-0.2, -0.15) is 0 Å². The minimum absolute atomic E-state index is 0.284. The summed E-state index contributed by atoms with van der Waals surface area (Å²) in [6.45, 7) is 6.75. The number of aromatic nitrogens is 4. The Balaban J connectivity index is 0.000000553. The number of esters is 1. The summed E-state index contributed by atoms with van der Waals surface area (Å²) in [5.41, 5.74) is 6.15. The van der Waals surface area contributed by atoms with Crippen LogP contribution in [0.5, 0.6) is 5.75 Å². The molecule has 4 atom stereocenters. The van der Waals surface area contributed by atoms with E-state index in [2.05, 4.69) is 15.0 Å². The van der Waals surface area contributed by atoms with E-state index in [0.717, 1.165) is 0 Å². The highest BCUT2D eigenvalue weighted by Gasteiger charge is 2.31. The topological polar surface area (TPSA) is 256 Å². The van der Waals surface area contributed by atoms with Crippen molar-refractivity contribution in [2.45, 2.75) is 52.6 Å². The summed E-state index contributed by atoms with van der Waals surface area (Å²) in [7, 11) is -3.82. The number of nitrogens with two attached hydrogens (primary N) is 1. The third-order valence-electron chi connectivity index (χ3n) is 5.25. The average molecular weight is 628 g/mol. The highest BCUT2D eigenvalue weighted by atomic mass is 31.2. The van der Waals surface area contributed by atoms with Crippen molar-refractivity contribution in [1.29, 1.82) is 0 Å². The number of para-hydroxylation sites is 1. The Morgan fingerprint density at radius 1 is 1.02 bits per heavy atom. The van der Waals surface area contributed by atoms with E-state index < -0.39 is 56.0 Å². The second-order valence-electron chi connectivity index (χ2n) is 9.94. The lowest BCUT2D eigenvalue weighted by atomic mass is 9.98. The van der Waals surface area contributed by atoms with Crippen LogP contribution in [0.1, 0.15) is 27.7 Å². The van der Waals surface area contributed by atoms with Gasteiger partial charge in [0.1, 0.15) is 17.6 Å². The van der Waals surface area contributed by atoms with Crippen molar-refractivity contribution >= 4 is 42.5 Å². The average Bonchev–Trinajstić information content (AvgIpc) is 3.35. The minimum atomic E-state index is -3.82.